The maximum atomic E-state index is 14.0. The second-order valence-electron chi connectivity index (χ2n) is 7.38. The van der Waals surface area contributed by atoms with Crippen LogP contribution >= 0.6 is 24.0 Å². The van der Waals surface area contributed by atoms with Crippen molar-refractivity contribution in [3.63, 3.8) is 0 Å². The molecule has 6 nitrogen and oxygen atoms in total. The van der Waals surface area contributed by atoms with Gasteiger partial charge in [0.1, 0.15) is 0 Å². The van der Waals surface area contributed by atoms with Crippen molar-refractivity contribution in [2.24, 2.45) is 10.9 Å². The van der Waals surface area contributed by atoms with Gasteiger partial charge in [-0.2, -0.15) is 0 Å². The first-order chi connectivity index (χ1) is 14.0. The van der Waals surface area contributed by atoms with E-state index in [0.29, 0.717) is 19.1 Å². The Morgan fingerprint density at radius 3 is 2.47 bits per heavy atom. The van der Waals surface area contributed by atoms with Gasteiger partial charge >= 0.3 is 0 Å². The van der Waals surface area contributed by atoms with Crippen LogP contribution < -0.4 is 15.4 Å². The molecule has 0 unspecified atom stereocenters. The molecule has 1 fully saturated rings. The van der Waals surface area contributed by atoms with Gasteiger partial charge in [0.2, 0.25) is 5.91 Å². The molecule has 1 saturated heterocycles. The van der Waals surface area contributed by atoms with Crippen molar-refractivity contribution in [1.29, 1.82) is 0 Å². The first-order valence-corrected chi connectivity index (χ1v) is 10.7. The Balaban J connectivity index is 0.00000450. The van der Waals surface area contributed by atoms with Gasteiger partial charge in [0, 0.05) is 38.6 Å². The van der Waals surface area contributed by atoms with Crippen LogP contribution in [0.4, 0.5) is 4.39 Å². The van der Waals surface area contributed by atoms with Crippen molar-refractivity contribution < 1.29 is 13.9 Å². The second kappa shape index (κ2) is 13.7. The lowest BCUT2D eigenvalue weighted by Gasteiger charge is -2.34. The molecular formula is C22H36FIN4O2. The number of hydrogen-bond donors (Lipinski definition) is 2. The largest absolute Gasteiger partial charge is 0.491 e. The van der Waals surface area contributed by atoms with Crippen molar-refractivity contribution in [3.8, 4) is 5.75 Å². The smallest absolute Gasteiger partial charge is 0.225 e. The number of benzene rings is 1. The number of amides is 1. The van der Waals surface area contributed by atoms with E-state index in [9.17, 15) is 9.18 Å². The molecule has 1 amide bonds. The number of halogens is 2. The second-order valence-corrected chi connectivity index (χ2v) is 7.38. The van der Waals surface area contributed by atoms with Crippen LogP contribution in [0.1, 0.15) is 52.0 Å². The molecule has 0 spiro atoms. The third kappa shape index (κ3) is 7.59. The number of guanidine groups is 1. The maximum Gasteiger partial charge on any atom is 0.225 e. The van der Waals surface area contributed by atoms with Gasteiger partial charge in [0.25, 0.3) is 0 Å². The highest BCUT2D eigenvalue weighted by Gasteiger charge is 2.26. The molecule has 8 heteroatoms. The van der Waals surface area contributed by atoms with Gasteiger partial charge in [-0.05, 0) is 50.3 Å². The Labute approximate surface area is 197 Å². The van der Waals surface area contributed by atoms with Gasteiger partial charge in [0.05, 0.1) is 6.61 Å². The van der Waals surface area contributed by atoms with Crippen molar-refractivity contribution in [1.82, 2.24) is 15.5 Å². The van der Waals surface area contributed by atoms with Crippen LogP contribution in [0, 0.1) is 11.7 Å². The van der Waals surface area contributed by atoms with Crippen molar-refractivity contribution in [2.45, 2.75) is 59.0 Å². The van der Waals surface area contributed by atoms with Gasteiger partial charge in [-0.15, -0.1) is 24.0 Å². The van der Waals surface area contributed by atoms with E-state index in [1.54, 1.807) is 13.1 Å². The summed E-state index contributed by atoms with van der Waals surface area (Å²) in [5.74, 6) is 1.03. The first kappa shape index (κ1) is 26.5. The van der Waals surface area contributed by atoms with Gasteiger partial charge in [0.15, 0.2) is 17.5 Å². The fraction of sp³-hybridized carbons (Fsp3) is 0.636. The predicted molar refractivity (Wildman–Crippen MR) is 130 cm³/mol. The highest BCUT2D eigenvalue weighted by molar-refractivity contribution is 14.0. The standard InChI is InChI=1S/C22H35FN4O2.HI/c1-5-17(6-2)21(28)27-12-10-18(11-13-27)26-22(24-4)25-15-16-8-9-20(29-7-3)19(23)14-16;/h8-9,14,17-18H,5-7,10-13,15H2,1-4H3,(H2,24,25,26);1H. The number of rotatable bonds is 8. The van der Waals surface area contributed by atoms with Crippen molar-refractivity contribution in [2.75, 3.05) is 26.7 Å². The average molecular weight is 534 g/mol. The van der Waals surface area contributed by atoms with E-state index in [1.165, 1.54) is 6.07 Å². The minimum absolute atomic E-state index is 0. The minimum Gasteiger partial charge on any atom is -0.491 e. The average Bonchev–Trinajstić information content (AvgIpc) is 2.74. The Hall–Kier alpha value is -1.58. The first-order valence-electron chi connectivity index (χ1n) is 10.7. The molecule has 0 atom stereocenters. The summed E-state index contributed by atoms with van der Waals surface area (Å²) in [6.07, 6.45) is 3.58. The zero-order valence-corrected chi connectivity index (χ0v) is 20.9. The zero-order valence-electron chi connectivity index (χ0n) is 18.5. The molecule has 1 aromatic rings. The number of carbonyl (C=O) groups is 1. The Bertz CT molecular complexity index is 690. The van der Waals surface area contributed by atoms with Gasteiger partial charge < -0.3 is 20.3 Å². The molecule has 0 aliphatic carbocycles. The number of piperidine rings is 1. The van der Waals surface area contributed by atoms with Crippen LogP contribution in [0.5, 0.6) is 5.75 Å². The molecule has 1 aliphatic rings. The molecule has 1 heterocycles. The molecule has 170 valence electrons. The van der Waals surface area contributed by atoms with Crippen LogP contribution in [0.15, 0.2) is 23.2 Å². The third-order valence-electron chi connectivity index (χ3n) is 5.46. The van der Waals surface area contributed by atoms with Gasteiger partial charge in [-0.3, -0.25) is 9.79 Å². The molecule has 1 aromatic carbocycles. The van der Waals surface area contributed by atoms with E-state index in [4.69, 9.17) is 4.74 Å². The number of carbonyl (C=O) groups excluding carboxylic acids is 1. The molecule has 2 rings (SSSR count). The highest BCUT2D eigenvalue weighted by Crippen LogP contribution is 2.19. The van der Waals surface area contributed by atoms with Crippen LogP contribution in [0.25, 0.3) is 0 Å². The molecular weight excluding hydrogens is 498 g/mol. The number of hydrogen-bond acceptors (Lipinski definition) is 3. The lowest BCUT2D eigenvalue weighted by Crippen LogP contribution is -2.50. The predicted octanol–water partition coefficient (Wildman–Crippen LogP) is 3.93. The van der Waals surface area contributed by atoms with E-state index in [1.807, 2.05) is 17.9 Å². The molecule has 0 radical (unpaired) electrons. The summed E-state index contributed by atoms with van der Waals surface area (Å²) in [4.78, 5) is 18.8. The number of ether oxygens (including phenoxy) is 1. The third-order valence-corrected chi connectivity index (χ3v) is 5.46. The minimum atomic E-state index is -0.358. The zero-order chi connectivity index (χ0) is 21.2. The fourth-order valence-corrected chi connectivity index (χ4v) is 3.64. The van der Waals surface area contributed by atoms with E-state index in [2.05, 4.69) is 29.5 Å². The van der Waals surface area contributed by atoms with Crippen LogP contribution in [-0.2, 0) is 11.3 Å². The lowest BCUT2D eigenvalue weighted by atomic mass is 9.98. The number of nitrogens with one attached hydrogen (secondary N) is 2. The summed E-state index contributed by atoms with van der Waals surface area (Å²) < 4.78 is 19.2. The lowest BCUT2D eigenvalue weighted by molar-refractivity contribution is -0.136. The summed E-state index contributed by atoms with van der Waals surface area (Å²) in [5.41, 5.74) is 0.819. The van der Waals surface area contributed by atoms with E-state index in [0.717, 1.165) is 44.3 Å². The normalized spacial score (nSPS) is 15.0. The number of likely N-dealkylation sites (tertiary alicyclic amines) is 1. The van der Waals surface area contributed by atoms with E-state index in [-0.39, 0.29) is 53.4 Å². The molecule has 0 saturated carbocycles. The summed E-state index contributed by atoms with van der Waals surface area (Å²) >= 11 is 0. The highest BCUT2D eigenvalue weighted by atomic mass is 127. The number of aliphatic imine (C=N–C) groups is 1. The molecule has 0 bridgehead atoms. The summed E-state index contributed by atoms with van der Waals surface area (Å²) in [7, 11) is 1.72. The van der Waals surface area contributed by atoms with Crippen LogP contribution in [0.3, 0.4) is 0 Å². The maximum absolute atomic E-state index is 14.0. The summed E-state index contributed by atoms with van der Waals surface area (Å²) in [6, 6.07) is 5.24. The SMILES string of the molecule is CCOc1ccc(CNC(=NC)NC2CCN(C(=O)C(CC)CC)CC2)cc1F.I. The monoisotopic (exact) mass is 534 g/mol. The fourth-order valence-electron chi connectivity index (χ4n) is 3.64. The van der Waals surface area contributed by atoms with Gasteiger partial charge in [-0.25, -0.2) is 4.39 Å². The topological polar surface area (TPSA) is 66.0 Å². The molecule has 30 heavy (non-hydrogen) atoms. The summed E-state index contributed by atoms with van der Waals surface area (Å²) in [6.45, 7) is 8.43. The van der Waals surface area contributed by atoms with Crippen molar-refractivity contribution >= 4 is 35.8 Å². The van der Waals surface area contributed by atoms with E-state index < -0.39 is 0 Å². The molecule has 1 aliphatic heterocycles. The quantitative estimate of drug-likeness (QED) is 0.302. The van der Waals surface area contributed by atoms with Gasteiger partial charge in [-0.1, -0.05) is 19.9 Å². The van der Waals surface area contributed by atoms with Crippen LogP contribution in [-0.4, -0.2) is 49.6 Å². The Kier molecular flexibility index (Phi) is 12.1. The Morgan fingerprint density at radius 2 is 1.93 bits per heavy atom. The number of nitrogens with zero attached hydrogens (tertiary/aromatic N) is 2. The Morgan fingerprint density at radius 1 is 1.27 bits per heavy atom. The molecule has 0 aromatic heterocycles. The molecule has 2 N–H and O–H groups in total. The van der Waals surface area contributed by atoms with E-state index >= 15 is 0 Å². The summed E-state index contributed by atoms with van der Waals surface area (Å²) in [5, 5.41) is 6.65. The van der Waals surface area contributed by atoms with Crippen molar-refractivity contribution in [3.05, 3.63) is 29.6 Å². The van der Waals surface area contributed by atoms with Crippen LogP contribution in [0.2, 0.25) is 0 Å².